The van der Waals surface area contributed by atoms with Gasteiger partial charge in [-0.05, 0) is 28.0 Å². The molecule has 2 rings (SSSR count). The fourth-order valence-corrected chi connectivity index (χ4v) is 1.18. The number of carbonyl (C=O) groups excluding carboxylic acids is 1. The van der Waals surface area contributed by atoms with Crippen LogP contribution in [0.2, 0.25) is 0 Å². The molecule has 0 atom stereocenters. The minimum absolute atomic E-state index is 0.107. The number of nitrogen functional groups attached to an aromatic ring is 1. The molecule has 1 amide bonds. The van der Waals surface area contributed by atoms with Crippen LogP contribution in [0.1, 0.15) is 16.1 Å². The summed E-state index contributed by atoms with van der Waals surface area (Å²) >= 11 is 0. The number of carbonyl (C=O) groups is 1. The molecule has 0 saturated heterocycles. The second-order valence-electron chi connectivity index (χ2n) is 3.29. The number of phenols is 1. The smallest absolute Gasteiger partial charge is 0.297 e. The summed E-state index contributed by atoms with van der Waals surface area (Å²) in [6.45, 7) is 0. The molecule has 8 nitrogen and oxygen atoms in total. The Morgan fingerprint density at radius 1 is 1.50 bits per heavy atom. The highest BCUT2D eigenvalue weighted by atomic mass is 16.6. The van der Waals surface area contributed by atoms with Gasteiger partial charge in [-0.2, -0.15) is 5.10 Å². The Hall–Kier alpha value is -2.90. The van der Waals surface area contributed by atoms with Gasteiger partial charge in [0.1, 0.15) is 5.75 Å². The average molecular weight is 247 g/mol. The van der Waals surface area contributed by atoms with Crippen molar-refractivity contribution in [2.24, 2.45) is 5.10 Å². The first kappa shape index (κ1) is 11.6. The molecule has 0 aliphatic heterocycles. The zero-order valence-electron chi connectivity index (χ0n) is 9.07. The van der Waals surface area contributed by atoms with Crippen molar-refractivity contribution in [1.82, 2.24) is 15.7 Å². The molecule has 0 aliphatic rings. The molecule has 92 valence electrons. The number of nitrogens with zero attached hydrogens (tertiary/aromatic N) is 3. The van der Waals surface area contributed by atoms with Crippen LogP contribution in [0, 0.1) is 0 Å². The van der Waals surface area contributed by atoms with Crippen LogP contribution in [0.3, 0.4) is 0 Å². The van der Waals surface area contributed by atoms with Crippen LogP contribution < -0.4 is 11.2 Å². The Balaban J connectivity index is 2.00. The molecular weight excluding hydrogens is 238 g/mol. The third-order valence-electron chi connectivity index (χ3n) is 1.98. The highest BCUT2D eigenvalue weighted by molar-refractivity contribution is 5.96. The van der Waals surface area contributed by atoms with Gasteiger partial charge in [0.05, 0.1) is 6.21 Å². The van der Waals surface area contributed by atoms with Crippen LogP contribution in [0.4, 0.5) is 5.82 Å². The van der Waals surface area contributed by atoms with E-state index in [9.17, 15) is 9.90 Å². The molecule has 0 bridgehead atoms. The van der Waals surface area contributed by atoms with Gasteiger partial charge in [0, 0.05) is 0 Å². The summed E-state index contributed by atoms with van der Waals surface area (Å²) in [5, 5.41) is 19.5. The van der Waals surface area contributed by atoms with Gasteiger partial charge >= 0.3 is 0 Å². The topological polar surface area (TPSA) is 127 Å². The van der Waals surface area contributed by atoms with Gasteiger partial charge in [0.25, 0.3) is 5.91 Å². The van der Waals surface area contributed by atoms with Gasteiger partial charge in [-0.25, -0.2) is 10.1 Å². The van der Waals surface area contributed by atoms with E-state index in [2.05, 4.69) is 25.5 Å². The molecule has 0 unspecified atom stereocenters. The number of phenolic OH excluding ortho intramolecular Hbond substituents is 1. The molecule has 1 aromatic heterocycles. The van der Waals surface area contributed by atoms with Crippen molar-refractivity contribution in [3.63, 3.8) is 0 Å². The predicted octanol–water partition coefficient (Wildman–Crippen LogP) is 0.121. The third kappa shape index (κ3) is 2.61. The molecule has 0 fully saturated rings. The molecule has 8 heteroatoms. The zero-order chi connectivity index (χ0) is 13.0. The van der Waals surface area contributed by atoms with E-state index in [1.54, 1.807) is 12.1 Å². The molecular formula is C10H9N5O3. The van der Waals surface area contributed by atoms with Gasteiger partial charge in [-0.1, -0.05) is 12.1 Å². The summed E-state index contributed by atoms with van der Waals surface area (Å²) in [7, 11) is 0. The number of amides is 1. The van der Waals surface area contributed by atoms with Crippen LogP contribution in [0.25, 0.3) is 0 Å². The lowest BCUT2D eigenvalue weighted by Crippen LogP contribution is -2.19. The van der Waals surface area contributed by atoms with Crippen LogP contribution in [0.15, 0.2) is 34.0 Å². The van der Waals surface area contributed by atoms with E-state index in [1.807, 2.05) is 0 Å². The van der Waals surface area contributed by atoms with E-state index < -0.39 is 5.91 Å². The number of nitrogens with two attached hydrogens (primary N) is 1. The maximum atomic E-state index is 11.5. The van der Waals surface area contributed by atoms with Crippen LogP contribution in [-0.4, -0.2) is 27.5 Å². The predicted molar refractivity (Wildman–Crippen MR) is 61.9 cm³/mol. The summed E-state index contributed by atoms with van der Waals surface area (Å²) in [6, 6.07) is 6.37. The SMILES string of the molecule is Nc1nonc1C(=O)N/N=C/c1cccc(O)c1. The highest BCUT2D eigenvalue weighted by Gasteiger charge is 2.14. The average Bonchev–Trinajstić information content (AvgIpc) is 2.75. The Bertz CT molecular complexity index is 593. The fraction of sp³-hybridized carbons (Fsp3) is 0. The Kier molecular flexibility index (Phi) is 3.19. The minimum Gasteiger partial charge on any atom is -0.508 e. The standard InChI is InChI=1S/C10H9N5O3/c11-9-8(14-18-15-9)10(17)13-12-5-6-2-1-3-7(16)4-6/h1-5,16H,(H2,11,15)(H,13,17)/b12-5+. The minimum atomic E-state index is -0.634. The van der Waals surface area contributed by atoms with Crippen LogP contribution in [-0.2, 0) is 0 Å². The lowest BCUT2D eigenvalue weighted by atomic mass is 10.2. The second kappa shape index (κ2) is 4.95. The van der Waals surface area contributed by atoms with E-state index in [0.29, 0.717) is 5.56 Å². The Morgan fingerprint density at radius 3 is 3.00 bits per heavy atom. The van der Waals surface area contributed by atoms with Gasteiger partial charge in [0.2, 0.25) is 11.5 Å². The lowest BCUT2D eigenvalue weighted by molar-refractivity contribution is 0.0946. The first-order valence-corrected chi connectivity index (χ1v) is 4.87. The Labute approximate surface area is 101 Å². The highest BCUT2D eigenvalue weighted by Crippen LogP contribution is 2.08. The first-order valence-electron chi connectivity index (χ1n) is 4.87. The number of hydrogen-bond acceptors (Lipinski definition) is 7. The number of aromatic hydroxyl groups is 1. The summed E-state index contributed by atoms with van der Waals surface area (Å²) in [6.07, 6.45) is 1.36. The second-order valence-corrected chi connectivity index (χ2v) is 3.29. The molecule has 4 N–H and O–H groups in total. The fourth-order valence-electron chi connectivity index (χ4n) is 1.18. The molecule has 0 saturated carbocycles. The first-order chi connectivity index (χ1) is 8.66. The maximum absolute atomic E-state index is 11.5. The number of rotatable bonds is 3. The van der Waals surface area contributed by atoms with E-state index in [1.165, 1.54) is 18.3 Å². The van der Waals surface area contributed by atoms with E-state index in [-0.39, 0.29) is 17.3 Å². The monoisotopic (exact) mass is 247 g/mol. The quantitative estimate of drug-likeness (QED) is 0.522. The van der Waals surface area contributed by atoms with Gasteiger partial charge in [0.15, 0.2) is 0 Å². The number of benzene rings is 1. The largest absolute Gasteiger partial charge is 0.508 e. The molecule has 1 aromatic carbocycles. The normalized spacial score (nSPS) is 10.7. The van der Waals surface area contributed by atoms with Gasteiger partial charge in [-0.3, -0.25) is 4.79 Å². The van der Waals surface area contributed by atoms with Crippen molar-refractivity contribution < 1.29 is 14.5 Å². The summed E-state index contributed by atoms with van der Waals surface area (Å²) in [5.41, 5.74) is 8.02. The zero-order valence-corrected chi connectivity index (χ0v) is 9.07. The molecule has 0 aliphatic carbocycles. The van der Waals surface area contributed by atoms with Crippen molar-refractivity contribution >= 4 is 17.9 Å². The number of hydrogen-bond donors (Lipinski definition) is 3. The van der Waals surface area contributed by atoms with Crippen molar-refractivity contribution in [3.05, 3.63) is 35.5 Å². The molecule has 2 aromatic rings. The van der Waals surface area contributed by atoms with Crippen molar-refractivity contribution in [3.8, 4) is 5.75 Å². The van der Waals surface area contributed by atoms with E-state index in [4.69, 9.17) is 5.73 Å². The van der Waals surface area contributed by atoms with Crippen LogP contribution in [0.5, 0.6) is 5.75 Å². The van der Waals surface area contributed by atoms with E-state index >= 15 is 0 Å². The number of anilines is 1. The van der Waals surface area contributed by atoms with Gasteiger partial charge in [-0.15, -0.1) is 0 Å². The van der Waals surface area contributed by atoms with Crippen molar-refractivity contribution in [1.29, 1.82) is 0 Å². The number of hydrazone groups is 1. The number of aromatic nitrogens is 2. The van der Waals surface area contributed by atoms with E-state index in [0.717, 1.165) is 0 Å². The molecule has 1 heterocycles. The summed E-state index contributed by atoms with van der Waals surface area (Å²) < 4.78 is 4.28. The molecule has 0 spiro atoms. The Morgan fingerprint density at radius 2 is 2.33 bits per heavy atom. The van der Waals surface area contributed by atoms with Crippen LogP contribution >= 0.6 is 0 Å². The summed E-state index contributed by atoms with van der Waals surface area (Å²) in [5.74, 6) is -0.638. The summed E-state index contributed by atoms with van der Waals surface area (Å²) in [4.78, 5) is 11.5. The molecule has 18 heavy (non-hydrogen) atoms. The van der Waals surface area contributed by atoms with Crippen molar-refractivity contribution in [2.45, 2.75) is 0 Å². The lowest BCUT2D eigenvalue weighted by Gasteiger charge is -1.96. The third-order valence-corrected chi connectivity index (χ3v) is 1.98. The maximum Gasteiger partial charge on any atom is 0.297 e. The molecule has 0 radical (unpaired) electrons. The number of nitrogens with one attached hydrogen (secondary N) is 1. The van der Waals surface area contributed by atoms with Gasteiger partial charge < -0.3 is 10.8 Å². The van der Waals surface area contributed by atoms with Crippen molar-refractivity contribution in [2.75, 3.05) is 5.73 Å².